The van der Waals surface area contributed by atoms with Gasteiger partial charge < -0.3 is 5.32 Å². The van der Waals surface area contributed by atoms with Gasteiger partial charge in [0.1, 0.15) is 12.0 Å². The van der Waals surface area contributed by atoms with Gasteiger partial charge in [0.05, 0.1) is 11.1 Å². The minimum Gasteiger partial charge on any atom is -0.370 e. The lowest BCUT2D eigenvalue weighted by atomic mass is 10.4. The van der Waals surface area contributed by atoms with Crippen molar-refractivity contribution in [3.63, 3.8) is 0 Å². The van der Waals surface area contributed by atoms with Crippen LogP contribution >= 0.6 is 0 Å². The number of pyridine rings is 1. The molecule has 0 aliphatic carbocycles. The smallest absolute Gasteiger partial charge is 0.287 e. The number of nitro groups is 1. The van der Waals surface area contributed by atoms with E-state index >= 15 is 0 Å². The maximum atomic E-state index is 10.4. The molecule has 0 saturated heterocycles. The molecule has 8 nitrogen and oxygen atoms in total. The number of aromatic nitrogens is 4. The molecule has 2 aromatic heterocycles. The van der Waals surface area contributed by atoms with Gasteiger partial charge in [-0.2, -0.15) is 0 Å². The molecule has 94 valence electrons. The van der Waals surface area contributed by atoms with E-state index in [0.29, 0.717) is 12.4 Å². The van der Waals surface area contributed by atoms with E-state index in [4.69, 9.17) is 0 Å². The summed E-state index contributed by atoms with van der Waals surface area (Å²) in [6.07, 6.45) is 5.53. The van der Waals surface area contributed by atoms with E-state index in [1.54, 1.807) is 23.1 Å². The van der Waals surface area contributed by atoms with Crippen molar-refractivity contribution in [2.45, 2.75) is 13.0 Å². The molecule has 0 fully saturated rings. The van der Waals surface area contributed by atoms with Crippen molar-refractivity contribution in [3.05, 3.63) is 40.8 Å². The molecule has 0 unspecified atom stereocenters. The fourth-order valence-corrected chi connectivity index (χ4v) is 1.41. The maximum Gasteiger partial charge on any atom is 0.287 e. The molecule has 8 heteroatoms. The van der Waals surface area contributed by atoms with Crippen LogP contribution in [0.25, 0.3) is 0 Å². The Morgan fingerprint density at radius 1 is 1.44 bits per heavy atom. The van der Waals surface area contributed by atoms with Crippen LogP contribution in [0.15, 0.2) is 30.7 Å². The molecule has 1 N–H and O–H groups in total. The second kappa shape index (κ2) is 5.71. The molecule has 0 aliphatic heterocycles. The van der Waals surface area contributed by atoms with Crippen LogP contribution in [0, 0.1) is 10.1 Å². The zero-order chi connectivity index (χ0) is 12.8. The van der Waals surface area contributed by atoms with Gasteiger partial charge >= 0.3 is 0 Å². The second-order valence-corrected chi connectivity index (χ2v) is 3.61. The first-order valence-electron chi connectivity index (χ1n) is 5.44. The van der Waals surface area contributed by atoms with Gasteiger partial charge in [0.15, 0.2) is 0 Å². The van der Waals surface area contributed by atoms with E-state index in [1.165, 1.54) is 12.3 Å². The minimum atomic E-state index is -0.471. The monoisotopic (exact) mass is 248 g/mol. The summed E-state index contributed by atoms with van der Waals surface area (Å²) >= 11 is 0. The van der Waals surface area contributed by atoms with Gasteiger partial charge in [-0.3, -0.25) is 14.8 Å². The van der Waals surface area contributed by atoms with Crippen molar-refractivity contribution in [2.75, 3.05) is 11.9 Å². The van der Waals surface area contributed by atoms with Gasteiger partial charge in [-0.25, -0.2) is 4.98 Å². The summed E-state index contributed by atoms with van der Waals surface area (Å²) in [5.41, 5.74) is -0.0110. The Morgan fingerprint density at radius 2 is 2.33 bits per heavy atom. The average molecular weight is 248 g/mol. The Balaban J connectivity index is 1.75. The third-order valence-electron chi connectivity index (χ3n) is 2.30. The second-order valence-electron chi connectivity index (χ2n) is 3.61. The van der Waals surface area contributed by atoms with Crippen LogP contribution in [0.2, 0.25) is 0 Å². The average Bonchev–Trinajstić information content (AvgIpc) is 2.88. The topological polar surface area (TPSA) is 98.8 Å². The Hall–Kier alpha value is -2.51. The van der Waals surface area contributed by atoms with Crippen molar-refractivity contribution >= 4 is 11.5 Å². The van der Waals surface area contributed by atoms with E-state index in [0.717, 1.165) is 13.0 Å². The molecule has 18 heavy (non-hydrogen) atoms. The molecule has 0 spiro atoms. The van der Waals surface area contributed by atoms with Gasteiger partial charge in [-0.05, 0) is 12.5 Å². The van der Waals surface area contributed by atoms with Gasteiger partial charge in [-0.1, -0.05) is 5.21 Å². The van der Waals surface area contributed by atoms with E-state index in [-0.39, 0.29) is 5.69 Å². The molecule has 2 rings (SSSR count). The van der Waals surface area contributed by atoms with E-state index < -0.39 is 4.92 Å². The summed E-state index contributed by atoms with van der Waals surface area (Å²) < 4.78 is 1.74. The Kier molecular flexibility index (Phi) is 3.79. The van der Waals surface area contributed by atoms with Crippen molar-refractivity contribution < 1.29 is 4.92 Å². The predicted octanol–water partition coefficient (Wildman–Crippen LogP) is 1.08. The highest BCUT2D eigenvalue weighted by atomic mass is 16.6. The fourth-order valence-electron chi connectivity index (χ4n) is 1.41. The minimum absolute atomic E-state index is 0.0110. The molecule has 0 aromatic carbocycles. The van der Waals surface area contributed by atoms with Crippen LogP contribution < -0.4 is 5.32 Å². The van der Waals surface area contributed by atoms with Gasteiger partial charge in [-0.15, -0.1) is 5.10 Å². The Morgan fingerprint density at radius 3 is 2.94 bits per heavy atom. The summed E-state index contributed by atoms with van der Waals surface area (Å²) in [4.78, 5) is 13.9. The largest absolute Gasteiger partial charge is 0.370 e. The predicted molar refractivity (Wildman–Crippen MR) is 64.0 cm³/mol. The number of hydrogen-bond donors (Lipinski definition) is 1. The molecule has 2 aromatic rings. The van der Waals surface area contributed by atoms with E-state index in [1.807, 2.05) is 0 Å². The van der Waals surface area contributed by atoms with Gasteiger partial charge in [0.2, 0.25) is 0 Å². The van der Waals surface area contributed by atoms with Gasteiger partial charge in [0.25, 0.3) is 5.69 Å². The lowest BCUT2D eigenvalue weighted by Gasteiger charge is -2.04. The molecular formula is C10H12N6O2. The van der Waals surface area contributed by atoms with Crippen LogP contribution in [0.3, 0.4) is 0 Å². The number of rotatable bonds is 6. The Bertz CT molecular complexity index is 496. The number of aryl methyl sites for hydroxylation is 1. The molecular weight excluding hydrogens is 236 g/mol. The summed E-state index contributed by atoms with van der Waals surface area (Å²) in [6, 6.07) is 3.01. The summed E-state index contributed by atoms with van der Waals surface area (Å²) in [5, 5.41) is 21.1. The van der Waals surface area contributed by atoms with Crippen LogP contribution in [-0.2, 0) is 6.54 Å². The normalized spacial score (nSPS) is 10.2. The summed E-state index contributed by atoms with van der Waals surface area (Å²) in [5.74, 6) is 0.624. The number of nitrogens with zero attached hydrogens (tertiary/aromatic N) is 5. The zero-order valence-corrected chi connectivity index (χ0v) is 9.56. The molecule has 0 radical (unpaired) electrons. The third-order valence-corrected chi connectivity index (χ3v) is 2.30. The highest BCUT2D eigenvalue weighted by Crippen LogP contribution is 2.11. The SMILES string of the molecule is O=[N+]([O-])c1ccc(NCCCn2ccnn2)nc1. The quantitative estimate of drug-likeness (QED) is 0.466. The van der Waals surface area contributed by atoms with Crippen LogP contribution in [0.4, 0.5) is 11.5 Å². The highest BCUT2D eigenvalue weighted by Gasteiger charge is 2.04. The third kappa shape index (κ3) is 3.24. The molecule has 2 heterocycles. The molecule has 0 amide bonds. The lowest BCUT2D eigenvalue weighted by Crippen LogP contribution is -2.08. The zero-order valence-electron chi connectivity index (χ0n) is 9.56. The van der Waals surface area contributed by atoms with Crippen LogP contribution in [0.5, 0.6) is 0 Å². The summed E-state index contributed by atoms with van der Waals surface area (Å²) in [7, 11) is 0. The number of nitrogens with one attached hydrogen (secondary N) is 1. The first kappa shape index (κ1) is 12.0. The first-order valence-corrected chi connectivity index (χ1v) is 5.44. The number of anilines is 1. The fraction of sp³-hybridized carbons (Fsp3) is 0.300. The Labute approximate surface area is 103 Å². The molecule has 0 atom stereocenters. The van der Waals surface area contributed by atoms with Crippen LogP contribution in [0.1, 0.15) is 6.42 Å². The lowest BCUT2D eigenvalue weighted by molar-refractivity contribution is -0.385. The standard InChI is InChI=1S/C10H12N6O2/c17-16(18)9-2-3-10(12-8-9)11-4-1-6-15-7-5-13-14-15/h2-3,5,7-8H,1,4,6H2,(H,11,12). The van der Waals surface area contributed by atoms with Crippen molar-refractivity contribution in [3.8, 4) is 0 Å². The molecule has 0 bridgehead atoms. The van der Waals surface area contributed by atoms with Crippen molar-refractivity contribution in [1.29, 1.82) is 0 Å². The highest BCUT2D eigenvalue weighted by molar-refractivity contribution is 5.39. The van der Waals surface area contributed by atoms with Gasteiger partial charge in [0, 0.05) is 25.4 Å². The number of hydrogen-bond acceptors (Lipinski definition) is 6. The van der Waals surface area contributed by atoms with E-state index in [2.05, 4.69) is 20.6 Å². The van der Waals surface area contributed by atoms with E-state index in [9.17, 15) is 10.1 Å². The van der Waals surface area contributed by atoms with Crippen LogP contribution in [-0.4, -0.2) is 31.4 Å². The first-order chi connectivity index (χ1) is 8.75. The van der Waals surface area contributed by atoms with Crippen molar-refractivity contribution in [1.82, 2.24) is 20.0 Å². The maximum absolute atomic E-state index is 10.4. The molecule has 0 saturated carbocycles. The summed E-state index contributed by atoms with van der Waals surface area (Å²) in [6.45, 7) is 1.48. The molecule has 0 aliphatic rings. The van der Waals surface area contributed by atoms with Crippen molar-refractivity contribution in [2.24, 2.45) is 0 Å².